The number of pyridine rings is 1. The molecule has 128 valence electrons. The lowest BCUT2D eigenvalue weighted by molar-refractivity contribution is 0.714. The van der Waals surface area contributed by atoms with Gasteiger partial charge in [-0.1, -0.05) is 72.4 Å². The number of aromatic nitrogens is 4. The fourth-order valence-electron chi connectivity index (χ4n) is 2.73. The molecule has 26 heavy (non-hydrogen) atoms. The molecule has 0 aliphatic carbocycles. The molecule has 0 unspecified atom stereocenters. The molecule has 0 saturated heterocycles. The molecular formula is C21H18N4S. The van der Waals surface area contributed by atoms with E-state index in [1.54, 1.807) is 18.0 Å². The lowest BCUT2D eigenvalue weighted by Crippen LogP contribution is -2.04. The van der Waals surface area contributed by atoms with Gasteiger partial charge in [0.2, 0.25) is 0 Å². The van der Waals surface area contributed by atoms with Crippen molar-refractivity contribution in [1.29, 1.82) is 0 Å². The zero-order chi connectivity index (χ0) is 17.6. The van der Waals surface area contributed by atoms with Gasteiger partial charge in [0.25, 0.3) is 0 Å². The van der Waals surface area contributed by atoms with Crippen molar-refractivity contribution >= 4 is 11.8 Å². The maximum absolute atomic E-state index is 4.45. The van der Waals surface area contributed by atoms with Gasteiger partial charge in [-0.3, -0.25) is 9.55 Å². The zero-order valence-electron chi connectivity index (χ0n) is 14.2. The second kappa shape index (κ2) is 7.97. The van der Waals surface area contributed by atoms with Crippen molar-refractivity contribution in [2.24, 2.45) is 0 Å². The van der Waals surface area contributed by atoms with Gasteiger partial charge < -0.3 is 0 Å². The topological polar surface area (TPSA) is 43.6 Å². The Kier molecular flexibility index (Phi) is 5.07. The summed E-state index contributed by atoms with van der Waals surface area (Å²) in [6.07, 6.45) is 3.60. The summed E-state index contributed by atoms with van der Waals surface area (Å²) in [5, 5.41) is 9.81. The van der Waals surface area contributed by atoms with Crippen LogP contribution in [0.25, 0.3) is 11.4 Å². The number of thioether (sulfide) groups is 1. The Morgan fingerprint density at radius 1 is 0.769 bits per heavy atom. The third-order valence-corrected chi connectivity index (χ3v) is 5.07. The predicted molar refractivity (Wildman–Crippen MR) is 105 cm³/mol. The molecule has 0 aliphatic rings. The van der Waals surface area contributed by atoms with Crippen LogP contribution in [0, 0.1) is 0 Å². The normalized spacial score (nSPS) is 10.8. The molecule has 0 aliphatic heterocycles. The fraction of sp³-hybridized carbons (Fsp3) is 0.0952. The summed E-state index contributed by atoms with van der Waals surface area (Å²) in [5.74, 6) is 1.71. The standard InChI is InChI=1S/C21H18N4S/c1-3-8-17(9-4-1)15-25-20(19-12-7-13-22-14-19)23-24-21(25)26-16-18-10-5-2-6-11-18/h1-14H,15-16H2. The van der Waals surface area contributed by atoms with E-state index in [1.165, 1.54) is 11.1 Å². The van der Waals surface area contributed by atoms with Gasteiger partial charge in [0.05, 0.1) is 6.54 Å². The minimum Gasteiger partial charge on any atom is -0.297 e. The third kappa shape index (κ3) is 3.83. The summed E-state index contributed by atoms with van der Waals surface area (Å²) in [7, 11) is 0. The van der Waals surface area contributed by atoms with Crippen LogP contribution in [-0.4, -0.2) is 19.7 Å². The van der Waals surface area contributed by atoms with Gasteiger partial charge in [-0.05, 0) is 23.3 Å². The molecule has 0 amide bonds. The maximum atomic E-state index is 4.45. The van der Waals surface area contributed by atoms with Gasteiger partial charge in [-0.15, -0.1) is 10.2 Å². The number of nitrogens with zero attached hydrogens (tertiary/aromatic N) is 4. The highest BCUT2D eigenvalue weighted by atomic mass is 32.2. The van der Waals surface area contributed by atoms with Crippen molar-refractivity contribution in [3.8, 4) is 11.4 Å². The van der Waals surface area contributed by atoms with Crippen LogP contribution in [-0.2, 0) is 12.3 Å². The highest BCUT2D eigenvalue weighted by molar-refractivity contribution is 7.98. The molecule has 4 aromatic rings. The van der Waals surface area contributed by atoms with E-state index in [0.717, 1.165) is 28.8 Å². The Bertz CT molecular complexity index is 953. The van der Waals surface area contributed by atoms with E-state index in [4.69, 9.17) is 0 Å². The smallest absolute Gasteiger partial charge is 0.192 e. The Balaban J connectivity index is 1.66. The third-order valence-electron chi connectivity index (χ3n) is 4.03. The van der Waals surface area contributed by atoms with E-state index in [-0.39, 0.29) is 0 Å². The number of hydrogen-bond acceptors (Lipinski definition) is 4. The van der Waals surface area contributed by atoms with Crippen LogP contribution in [0.1, 0.15) is 11.1 Å². The molecule has 0 N–H and O–H groups in total. The van der Waals surface area contributed by atoms with Crippen LogP contribution < -0.4 is 0 Å². The van der Waals surface area contributed by atoms with E-state index < -0.39 is 0 Å². The summed E-state index contributed by atoms with van der Waals surface area (Å²) in [6.45, 7) is 0.731. The molecule has 4 rings (SSSR count). The van der Waals surface area contributed by atoms with Crippen LogP contribution in [0.4, 0.5) is 0 Å². The first-order chi connectivity index (χ1) is 12.9. The fourth-order valence-corrected chi connectivity index (χ4v) is 3.63. The summed E-state index contributed by atoms with van der Waals surface area (Å²) in [6, 6.07) is 24.8. The molecule has 2 aromatic carbocycles. The average Bonchev–Trinajstić information content (AvgIpc) is 3.11. The number of hydrogen-bond donors (Lipinski definition) is 0. The minimum absolute atomic E-state index is 0.731. The SMILES string of the molecule is c1ccc(CSc2nnc(-c3cccnc3)n2Cc2ccccc2)cc1. The molecule has 4 nitrogen and oxygen atoms in total. The molecule has 0 saturated carbocycles. The van der Waals surface area contributed by atoms with Crippen LogP contribution >= 0.6 is 11.8 Å². The van der Waals surface area contributed by atoms with Gasteiger partial charge >= 0.3 is 0 Å². The van der Waals surface area contributed by atoms with Crippen LogP contribution in [0.5, 0.6) is 0 Å². The molecule has 2 aromatic heterocycles. The quantitative estimate of drug-likeness (QED) is 0.469. The maximum Gasteiger partial charge on any atom is 0.192 e. The van der Waals surface area contributed by atoms with E-state index >= 15 is 0 Å². The minimum atomic E-state index is 0.731. The Morgan fingerprint density at radius 2 is 1.50 bits per heavy atom. The van der Waals surface area contributed by atoms with Crippen molar-refractivity contribution in [2.45, 2.75) is 17.5 Å². The summed E-state index contributed by atoms with van der Waals surface area (Å²) in [4.78, 5) is 4.22. The summed E-state index contributed by atoms with van der Waals surface area (Å²) >= 11 is 1.70. The van der Waals surface area contributed by atoms with Gasteiger partial charge in [0.1, 0.15) is 0 Å². The largest absolute Gasteiger partial charge is 0.297 e. The molecule has 0 atom stereocenters. The first kappa shape index (κ1) is 16.5. The Hall–Kier alpha value is -2.92. The molecule has 0 radical (unpaired) electrons. The molecule has 0 fully saturated rings. The molecule has 5 heteroatoms. The van der Waals surface area contributed by atoms with E-state index in [9.17, 15) is 0 Å². The van der Waals surface area contributed by atoms with Crippen LogP contribution in [0.15, 0.2) is 90.3 Å². The molecule has 0 spiro atoms. The first-order valence-corrected chi connectivity index (χ1v) is 9.43. The zero-order valence-corrected chi connectivity index (χ0v) is 15.0. The second-order valence-electron chi connectivity index (χ2n) is 5.89. The van der Waals surface area contributed by atoms with Crippen LogP contribution in [0.2, 0.25) is 0 Å². The van der Waals surface area contributed by atoms with Crippen molar-refractivity contribution in [3.63, 3.8) is 0 Å². The second-order valence-corrected chi connectivity index (χ2v) is 6.84. The van der Waals surface area contributed by atoms with Gasteiger partial charge in [0, 0.05) is 23.7 Å². The predicted octanol–water partition coefficient (Wildman–Crippen LogP) is 4.68. The summed E-state index contributed by atoms with van der Waals surface area (Å²) in [5.41, 5.74) is 3.47. The molecule has 0 bridgehead atoms. The Morgan fingerprint density at radius 3 is 2.19 bits per heavy atom. The highest BCUT2D eigenvalue weighted by Crippen LogP contribution is 2.27. The number of rotatable bonds is 6. The number of benzene rings is 2. The van der Waals surface area contributed by atoms with Crippen molar-refractivity contribution < 1.29 is 0 Å². The molecule has 2 heterocycles. The van der Waals surface area contributed by atoms with Crippen molar-refractivity contribution in [3.05, 3.63) is 96.3 Å². The Labute approximate surface area is 157 Å². The average molecular weight is 358 g/mol. The highest BCUT2D eigenvalue weighted by Gasteiger charge is 2.15. The van der Waals surface area contributed by atoms with E-state index in [1.807, 2.05) is 30.5 Å². The summed E-state index contributed by atoms with van der Waals surface area (Å²) < 4.78 is 2.17. The molecular weight excluding hydrogens is 340 g/mol. The van der Waals surface area contributed by atoms with Gasteiger partial charge in [0.15, 0.2) is 11.0 Å². The first-order valence-electron chi connectivity index (χ1n) is 8.44. The van der Waals surface area contributed by atoms with Gasteiger partial charge in [-0.2, -0.15) is 0 Å². The van der Waals surface area contributed by atoms with E-state index in [0.29, 0.717) is 0 Å². The monoisotopic (exact) mass is 358 g/mol. The van der Waals surface area contributed by atoms with Crippen molar-refractivity contribution in [2.75, 3.05) is 0 Å². The lowest BCUT2D eigenvalue weighted by Gasteiger charge is -2.10. The van der Waals surface area contributed by atoms with Gasteiger partial charge in [-0.25, -0.2) is 0 Å². The lowest BCUT2D eigenvalue weighted by atomic mass is 10.2. The van der Waals surface area contributed by atoms with Crippen LogP contribution in [0.3, 0.4) is 0 Å². The van der Waals surface area contributed by atoms with Crippen molar-refractivity contribution in [1.82, 2.24) is 19.7 Å². The van der Waals surface area contributed by atoms with E-state index in [2.05, 4.69) is 68.3 Å².